The number of carbonyl (C=O) groups excluding carboxylic acids is 1. The number of anilines is 3. The lowest BCUT2D eigenvalue weighted by Gasteiger charge is -2.10. The van der Waals surface area contributed by atoms with Crippen LogP contribution in [0.3, 0.4) is 0 Å². The Morgan fingerprint density at radius 3 is 2.40 bits per heavy atom. The largest absolute Gasteiger partial charge is 0.497 e. The van der Waals surface area contributed by atoms with Crippen molar-refractivity contribution in [1.29, 1.82) is 0 Å². The second-order valence-corrected chi connectivity index (χ2v) is 6.49. The molecule has 8 heteroatoms. The van der Waals surface area contributed by atoms with Crippen LogP contribution in [0.4, 0.5) is 17.2 Å². The van der Waals surface area contributed by atoms with Crippen LogP contribution in [0.1, 0.15) is 16.2 Å². The van der Waals surface area contributed by atoms with Gasteiger partial charge in [0.05, 0.1) is 7.11 Å². The van der Waals surface area contributed by atoms with Gasteiger partial charge in [-0.25, -0.2) is 14.6 Å². The van der Waals surface area contributed by atoms with Gasteiger partial charge in [-0.15, -0.1) is 0 Å². The molecule has 8 nitrogen and oxygen atoms in total. The molecule has 0 saturated heterocycles. The average molecular weight is 400 g/mol. The Morgan fingerprint density at radius 1 is 1.00 bits per heavy atom. The van der Waals surface area contributed by atoms with E-state index in [4.69, 9.17) is 4.74 Å². The molecule has 4 rings (SSSR count). The Balaban J connectivity index is 1.44. The fourth-order valence-corrected chi connectivity index (χ4v) is 2.87. The molecule has 2 heterocycles. The quantitative estimate of drug-likeness (QED) is 0.509. The monoisotopic (exact) mass is 400 g/mol. The first-order valence-electron chi connectivity index (χ1n) is 9.29. The van der Waals surface area contributed by atoms with Gasteiger partial charge in [0.25, 0.3) is 5.91 Å². The first kappa shape index (κ1) is 19.1. The molecule has 0 aliphatic carbocycles. The Labute approximate surface area is 173 Å². The minimum absolute atomic E-state index is 0.186. The lowest BCUT2D eigenvalue weighted by molar-refractivity contribution is 0.102. The smallest absolute Gasteiger partial charge is 0.255 e. The summed E-state index contributed by atoms with van der Waals surface area (Å²) >= 11 is 0. The standard InChI is InChI=1S/C22H20N6O2/c1-15-24-20(14-21(25-15)28-13-3-12-23-28)26-17-6-8-18(9-7-17)27-22(29)16-4-10-19(30-2)11-5-16/h3-14H,1-2H3,(H,27,29)(H,24,25,26). The molecular weight excluding hydrogens is 380 g/mol. The van der Waals surface area contributed by atoms with Crippen LogP contribution < -0.4 is 15.4 Å². The van der Waals surface area contributed by atoms with Crippen LogP contribution in [0.2, 0.25) is 0 Å². The molecule has 30 heavy (non-hydrogen) atoms. The van der Waals surface area contributed by atoms with Gasteiger partial charge in [-0.1, -0.05) is 0 Å². The van der Waals surface area contributed by atoms with Crippen molar-refractivity contribution >= 4 is 23.1 Å². The van der Waals surface area contributed by atoms with E-state index >= 15 is 0 Å². The Morgan fingerprint density at radius 2 is 1.73 bits per heavy atom. The molecule has 2 aromatic carbocycles. The predicted octanol–water partition coefficient (Wildman–Crippen LogP) is 3.98. The SMILES string of the molecule is COc1ccc(C(=O)Nc2ccc(Nc3cc(-n4cccn4)nc(C)n3)cc2)cc1. The molecule has 0 bridgehead atoms. The van der Waals surface area contributed by atoms with Crippen LogP contribution in [-0.2, 0) is 0 Å². The maximum absolute atomic E-state index is 12.4. The summed E-state index contributed by atoms with van der Waals surface area (Å²) in [7, 11) is 1.59. The van der Waals surface area contributed by atoms with Crippen LogP contribution >= 0.6 is 0 Å². The third-order valence-corrected chi connectivity index (χ3v) is 4.33. The minimum Gasteiger partial charge on any atom is -0.497 e. The number of ether oxygens (including phenoxy) is 1. The molecule has 0 aliphatic rings. The van der Waals surface area contributed by atoms with E-state index in [-0.39, 0.29) is 5.91 Å². The fourth-order valence-electron chi connectivity index (χ4n) is 2.87. The molecule has 4 aromatic rings. The van der Waals surface area contributed by atoms with Crippen LogP contribution in [0.5, 0.6) is 5.75 Å². The van der Waals surface area contributed by atoms with E-state index in [0.29, 0.717) is 34.5 Å². The molecule has 0 radical (unpaired) electrons. The summed E-state index contributed by atoms with van der Waals surface area (Å²) in [5.41, 5.74) is 2.08. The minimum atomic E-state index is -0.186. The number of aromatic nitrogens is 4. The molecule has 150 valence electrons. The van der Waals surface area contributed by atoms with E-state index < -0.39 is 0 Å². The number of hydrogen-bond donors (Lipinski definition) is 2. The maximum Gasteiger partial charge on any atom is 0.255 e. The highest BCUT2D eigenvalue weighted by Crippen LogP contribution is 2.20. The predicted molar refractivity (Wildman–Crippen MR) is 115 cm³/mol. The van der Waals surface area contributed by atoms with Gasteiger partial charge in [0, 0.05) is 35.4 Å². The van der Waals surface area contributed by atoms with Crippen molar-refractivity contribution in [3.63, 3.8) is 0 Å². The molecule has 2 aromatic heterocycles. The van der Waals surface area contributed by atoms with Gasteiger partial charge in [-0.05, 0) is 61.5 Å². The molecule has 2 N–H and O–H groups in total. The number of aryl methyl sites for hydroxylation is 1. The molecule has 0 fully saturated rings. The summed E-state index contributed by atoms with van der Waals surface area (Å²) < 4.78 is 6.79. The van der Waals surface area contributed by atoms with Crippen molar-refractivity contribution in [2.45, 2.75) is 6.92 Å². The fraction of sp³-hybridized carbons (Fsp3) is 0.0909. The third-order valence-electron chi connectivity index (χ3n) is 4.33. The van der Waals surface area contributed by atoms with Gasteiger partial charge in [-0.3, -0.25) is 4.79 Å². The zero-order chi connectivity index (χ0) is 20.9. The lowest BCUT2D eigenvalue weighted by atomic mass is 10.2. The van der Waals surface area contributed by atoms with Gasteiger partial charge < -0.3 is 15.4 Å². The Bertz CT molecular complexity index is 1140. The number of methoxy groups -OCH3 is 1. The summed E-state index contributed by atoms with van der Waals surface area (Å²) in [5.74, 6) is 2.49. The topological polar surface area (TPSA) is 94.0 Å². The first-order chi connectivity index (χ1) is 14.6. The van der Waals surface area contributed by atoms with Crippen molar-refractivity contribution in [2.24, 2.45) is 0 Å². The number of benzene rings is 2. The zero-order valence-electron chi connectivity index (χ0n) is 16.5. The van der Waals surface area contributed by atoms with E-state index in [9.17, 15) is 4.79 Å². The second kappa shape index (κ2) is 8.44. The summed E-state index contributed by atoms with van der Waals surface area (Å²) in [6.45, 7) is 1.83. The molecular formula is C22H20N6O2. The second-order valence-electron chi connectivity index (χ2n) is 6.49. The summed E-state index contributed by atoms with van der Waals surface area (Å²) in [4.78, 5) is 21.2. The van der Waals surface area contributed by atoms with Crippen LogP contribution in [-0.4, -0.2) is 32.8 Å². The van der Waals surface area contributed by atoms with Crippen LogP contribution in [0, 0.1) is 6.92 Å². The molecule has 1 amide bonds. The summed E-state index contributed by atoms with van der Waals surface area (Å²) in [6, 6.07) is 18.0. The van der Waals surface area contributed by atoms with E-state index in [0.717, 1.165) is 5.69 Å². The first-order valence-corrected chi connectivity index (χ1v) is 9.29. The lowest BCUT2D eigenvalue weighted by Crippen LogP contribution is -2.11. The van der Waals surface area contributed by atoms with Crippen molar-refractivity contribution in [2.75, 3.05) is 17.7 Å². The number of rotatable bonds is 6. The average Bonchev–Trinajstić information content (AvgIpc) is 3.30. The van der Waals surface area contributed by atoms with Crippen molar-refractivity contribution in [3.8, 4) is 11.6 Å². The number of carbonyl (C=O) groups is 1. The zero-order valence-corrected chi connectivity index (χ0v) is 16.5. The molecule has 0 unspecified atom stereocenters. The maximum atomic E-state index is 12.4. The highest BCUT2D eigenvalue weighted by Gasteiger charge is 2.08. The van der Waals surface area contributed by atoms with Crippen LogP contribution in [0.15, 0.2) is 73.1 Å². The van der Waals surface area contributed by atoms with Crippen molar-refractivity contribution < 1.29 is 9.53 Å². The molecule has 0 atom stereocenters. The highest BCUT2D eigenvalue weighted by molar-refractivity contribution is 6.04. The van der Waals surface area contributed by atoms with Gasteiger partial charge >= 0.3 is 0 Å². The molecule has 0 aliphatic heterocycles. The van der Waals surface area contributed by atoms with Gasteiger partial charge in [0.1, 0.15) is 17.4 Å². The number of hydrogen-bond acceptors (Lipinski definition) is 6. The van der Waals surface area contributed by atoms with E-state index in [1.807, 2.05) is 49.5 Å². The van der Waals surface area contributed by atoms with Gasteiger partial charge in [-0.2, -0.15) is 5.10 Å². The van der Waals surface area contributed by atoms with Gasteiger partial charge in [0.2, 0.25) is 0 Å². The normalized spacial score (nSPS) is 10.5. The Hall–Kier alpha value is -4.20. The number of nitrogens with one attached hydrogen (secondary N) is 2. The Kier molecular flexibility index (Phi) is 5.38. The van der Waals surface area contributed by atoms with Gasteiger partial charge in [0.15, 0.2) is 5.82 Å². The molecule has 0 saturated carbocycles. The number of amides is 1. The summed E-state index contributed by atoms with van der Waals surface area (Å²) in [6.07, 6.45) is 3.52. The number of nitrogens with zero attached hydrogens (tertiary/aromatic N) is 4. The van der Waals surface area contributed by atoms with E-state index in [2.05, 4.69) is 25.7 Å². The highest BCUT2D eigenvalue weighted by atomic mass is 16.5. The summed E-state index contributed by atoms with van der Waals surface area (Å²) in [5, 5.41) is 10.3. The van der Waals surface area contributed by atoms with Crippen molar-refractivity contribution in [1.82, 2.24) is 19.7 Å². The van der Waals surface area contributed by atoms with E-state index in [1.165, 1.54) is 0 Å². The van der Waals surface area contributed by atoms with Crippen LogP contribution in [0.25, 0.3) is 5.82 Å². The van der Waals surface area contributed by atoms with Crippen molar-refractivity contribution in [3.05, 3.63) is 84.4 Å². The molecule has 0 spiro atoms. The van der Waals surface area contributed by atoms with E-state index in [1.54, 1.807) is 42.3 Å². The third kappa shape index (κ3) is 4.44.